The number of hydrogen-bond acceptors (Lipinski definition) is 5. The summed E-state index contributed by atoms with van der Waals surface area (Å²) >= 11 is 5.94. The molecule has 156 valence electrons. The summed E-state index contributed by atoms with van der Waals surface area (Å²) < 4.78 is 15.6. The highest BCUT2D eigenvalue weighted by atomic mass is 35.5. The van der Waals surface area contributed by atoms with Crippen molar-refractivity contribution in [3.05, 3.63) is 88.5 Å². The minimum absolute atomic E-state index is 0.0540. The Bertz CT molecular complexity index is 1220. The van der Waals surface area contributed by atoms with Crippen LogP contribution in [0, 0.1) is 19.7 Å². The number of carbonyl (C=O) groups excluding carboxylic acids is 1. The van der Waals surface area contributed by atoms with Crippen LogP contribution in [0.25, 0.3) is 5.82 Å². The molecule has 0 saturated heterocycles. The van der Waals surface area contributed by atoms with Gasteiger partial charge in [-0.3, -0.25) is 4.79 Å². The van der Waals surface area contributed by atoms with Gasteiger partial charge in [0.15, 0.2) is 11.6 Å². The number of carbonyl (C=O) groups is 1. The van der Waals surface area contributed by atoms with E-state index in [4.69, 9.17) is 11.6 Å². The lowest BCUT2D eigenvalue weighted by molar-refractivity contribution is 0.102. The number of hydrogen-bond donors (Lipinski definition) is 2. The van der Waals surface area contributed by atoms with Crippen LogP contribution < -0.4 is 10.6 Å². The molecule has 4 aromatic rings. The maximum absolute atomic E-state index is 13.9. The van der Waals surface area contributed by atoms with Crippen LogP contribution in [0.2, 0.25) is 5.02 Å². The SMILES string of the molecule is Cc1cc(C)n(-c2ccc(Nc3ccc(NC(=O)c4c(F)cccc4Cl)cc3)nn2)n1. The van der Waals surface area contributed by atoms with E-state index in [0.29, 0.717) is 17.3 Å². The van der Waals surface area contributed by atoms with Gasteiger partial charge in [-0.2, -0.15) is 5.10 Å². The molecule has 0 aliphatic heterocycles. The number of aryl methyl sites for hydroxylation is 2. The Morgan fingerprint density at radius 2 is 1.74 bits per heavy atom. The number of aromatic nitrogens is 4. The molecule has 0 aliphatic rings. The van der Waals surface area contributed by atoms with Crippen molar-refractivity contribution in [1.82, 2.24) is 20.0 Å². The van der Waals surface area contributed by atoms with Crippen molar-refractivity contribution in [2.75, 3.05) is 10.6 Å². The molecule has 0 unspecified atom stereocenters. The average molecular weight is 437 g/mol. The Balaban J connectivity index is 1.43. The van der Waals surface area contributed by atoms with E-state index in [9.17, 15) is 9.18 Å². The molecule has 2 aromatic heterocycles. The molecule has 0 fully saturated rings. The quantitative estimate of drug-likeness (QED) is 0.456. The van der Waals surface area contributed by atoms with Gasteiger partial charge in [0.05, 0.1) is 16.3 Å². The van der Waals surface area contributed by atoms with E-state index in [-0.39, 0.29) is 10.6 Å². The maximum Gasteiger partial charge on any atom is 0.260 e. The first-order valence-electron chi connectivity index (χ1n) is 9.40. The van der Waals surface area contributed by atoms with Crippen LogP contribution in [-0.4, -0.2) is 25.9 Å². The zero-order valence-electron chi connectivity index (χ0n) is 16.7. The van der Waals surface area contributed by atoms with Crippen LogP contribution in [0.5, 0.6) is 0 Å². The third kappa shape index (κ3) is 4.54. The molecule has 0 aliphatic carbocycles. The van der Waals surface area contributed by atoms with E-state index in [0.717, 1.165) is 17.1 Å². The van der Waals surface area contributed by atoms with E-state index < -0.39 is 11.7 Å². The molecule has 2 N–H and O–H groups in total. The predicted octanol–water partition coefficient (Wildman–Crippen LogP) is 5.07. The molecule has 0 spiro atoms. The largest absolute Gasteiger partial charge is 0.339 e. The molecule has 1 amide bonds. The highest BCUT2D eigenvalue weighted by Gasteiger charge is 2.15. The molecule has 0 atom stereocenters. The Labute approximate surface area is 182 Å². The summed E-state index contributed by atoms with van der Waals surface area (Å²) in [7, 11) is 0. The molecule has 2 aromatic carbocycles. The van der Waals surface area contributed by atoms with Crippen molar-refractivity contribution in [3.63, 3.8) is 0 Å². The third-order valence-corrected chi connectivity index (χ3v) is 4.80. The van der Waals surface area contributed by atoms with Crippen molar-refractivity contribution in [1.29, 1.82) is 0 Å². The van der Waals surface area contributed by atoms with Gasteiger partial charge in [0, 0.05) is 17.1 Å². The van der Waals surface area contributed by atoms with E-state index in [2.05, 4.69) is 25.9 Å². The molecule has 4 rings (SSSR count). The van der Waals surface area contributed by atoms with Crippen molar-refractivity contribution < 1.29 is 9.18 Å². The predicted molar refractivity (Wildman–Crippen MR) is 118 cm³/mol. The van der Waals surface area contributed by atoms with Crippen LogP contribution in [0.3, 0.4) is 0 Å². The lowest BCUT2D eigenvalue weighted by Gasteiger charge is -2.10. The van der Waals surface area contributed by atoms with Crippen LogP contribution in [0.15, 0.2) is 60.7 Å². The summed E-state index contributed by atoms with van der Waals surface area (Å²) in [4.78, 5) is 12.3. The molecule has 9 heteroatoms. The van der Waals surface area contributed by atoms with Crippen molar-refractivity contribution in [3.8, 4) is 5.82 Å². The van der Waals surface area contributed by atoms with Crippen molar-refractivity contribution >= 4 is 34.7 Å². The number of halogens is 2. The van der Waals surface area contributed by atoms with Gasteiger partial charge in [-0.15, -0.1) is 10.2 Å². The second kappa shape index (κ2) is 8.53. The first kappa shape index (κ1) is 20.5. The third-order valence-electron chi connectivity index (χ3n) is 4.48. The fourth-order valence-corrected chi connectivity index (χ4v) is 3.31. The molecule has 31 heavy (non-hydrogen) atoms. The Kier molecular flexibility index (Phi) is 5.64. The van der Waals surface area contributed by atoms with Gasteiger partial charge in [0.2, 0.25) is 0 Å². The fourth-order valence-electron chi connectivity index (χ4n) is 3.06. The fraction of sp³-hybridized carbons (Fsp3) is 0.0909. The van der Waals surface area contributed by atoms with Gasteiger partial charge >= 0.3 is 0 Å². The lowest BCUT2D eigenvalue weighted by Crippen LogP contribution is -2.14. The summed E-state index contributed by atoms with van der Waals surface area (Å²) in [6.45, 7) is 3.87. The number of anilines is 3. The highest BCUT2D eigenvalue weighted by Crippen LogP contribution is 2.22. The summed E-state index contributed by atoms with van der Waals surface area (Å²) in [5.41, 5.74) is 2.94. The van der Waals surface area contributed by atoms with Gasteiger partial charge in [-0.1, -0.05) is 17.7 Å². The highest BCUT2D eigenvalue weighted by molar-refractivity contribution is 6.34. The molecule has 0 radical (unpaired) electrons. The molecular formula is C22H18ClFN6O. The van der Waals surface area contributed by atoms with Crippen LogP contribution in [-0.2, 0) is 0 Å². The lowest BCUT2D eigenvalue weighted by atomic mass is 10.2. The van der Waals surface area contributed by atoms with Gasteiger partial charge in [-0.25, -0.2) is 9.07 Å². The smallest absolute Gasteiger partial charge is 0.260 e. The number of benzene rings is 2. The minimum Gasteiger partial charge on any atom is -0.339 e. The van der Waals surface area contributed by atoms with E-state index >= 15 is 0 Å². The number of amides is 1. The number of nitrogens with one attached hydrogen (secondary N) is 2. The maximum atomic E-state index is 13.9. The molecule has 7 nitrogen and oxygen atoms in total. The monoisotopic (exact) mass is 436 g/mol. The van der Waals surface area contributed by atoms with Gasteiger partial charge < -0.3 is 10.6 Å². The zero-order chi connectivity index (χ0) is 22.0. The topological polar surface area (TPSA) is 84.7 Å². The first-order chi connectivity index (χ1) is 14.9. The van der Waals surface area contributed by atoms with Gasteiger partial charge in [0.1, 0.15) is 5.82 Å². The van der Waals surface area contributed by atoms with E-state index in [1.807, 2.05) is 26.0 Å². The Morgan fingerprint density at radius 1 is 1.00 bits per heavy atom. The van der Waals surface area contributed by atoms with Crippen LogP contribution in [0.1, 0.15) is 21.7 Å². The summed E-state index contributed by atoms with van der Waals surface area (Å²) in [6, 6.07) is 16.6. The molecular weight excluding hydrogens is 419 g/mol. The van der Waals surface area contributed by atoms with Crippen molar-refractivity contribution in [2.45, 2.75) is 13.8 Å². The van der Waals surface area contributed by atoms with Gasteiger partial charge in [-0.05, 0) is 68.4 Å². The molecule has 0 bridgehead atoms. The summed E-state index contributed by atoms with van der Waals surface area (Å²) in [6.07, 6.45) is 0. The molecule has 2 heterocycles. The first-order valence-corrected chi connectivity index (χ1v) is 9.78. The van der Waals surface area contributed by atoms with E-state index in [1.165, 1.54) is 18.2 Å². The zero-order valence-corrected chi connectivity index (χ0v) is 17.5. The van der Waals surface area contributed by atoms with Gasteiger partial charge in [0.25, 0.3) is 5.91 Å². The van der Waals surface area contributed by atoms with Crippen LogP contribution in [0.4, 0.5) is 21.6 Å². The van der Waals surface area contributed by atoms with Crippen LogP contribution >= 0.6 is 11.6 Å². The standard InChI is InChI=1S/C22H18ClFN6O/c1-13-12-14(2)30(29-13)20-11-10-19(27-28-20)25-15-6-8-16(9-7-15)26-22(31)21-17(23)4-3-5-18(21)24/h3-12H,1-2H3,(H,25,27)(H,26,31). The minimum atomic E-state index is -0.675. The van der Waals surface area contributed by atoms with E-state index in [1.54, 1.807) is 35.0 Å². The second-order valence-corrected chi connectivity index (χ2v) is 7.28. The normalized spacial score (nSPS) is 10.7. The van der Waals surface area contributed by atoms with Crippen molar-refractivity contribution in [2.24, 2.45) is 0 Å². The Hall–Kier alpha value is -3.78. The average Bonchev–Trinajstić information content (AvgIpc) is 3.08. The molecule has 0 saturated carbocycles. The summed E-state index contributed by atoms with van der Waals surface area (Å²) in [5, 5.41) is 18.6. The second-order valence-electron chi connectivity index (χ2n) is 6.87. The summed E-state index contributed by atoms with van der Waals surface area (Å²) in [5.74, 6) is -0.110. The number of nitrogens with zero attached hydrogens (tertiary/aromatic N) is 4. The number of rotatable bonds is 5. The Morgan fingerprint density at radius 3 is 2.35 bits per heavy atom.